The maximum Gasteiger partial charge on any atom is 0.251 e. The highest BCUT2D eigenvalue weighted by atomic mass is 35.5. The van der Waals surface area contributed by atoms with Gasteiger partial charge in [-0.3, -0.25) is 4.79 Å². The number of aryl methyl sites for hydroxylation is 1. The molecular formula is C19H21Cl2NO2. The third-order valence-electron chi connectivity index (χ3n) is 3.62. The molecule has 0 unspecified atom stereocenters. The summed E-state index contributed by atoms with van der Waals surface area (Å²) in [5.74, 6) is 1.05. The lowest BCUT2D eigenvalue weighted by Gasteiger charge is -2.15. The van der Waals surface area contributed by atoms with Crippen LogP contribution in [0.25, 0.3) is 0 Å². The molecule has 0 heterocycles. The van der Waals surface area contributed by atoms with Crippen molar-refractivity contribution in [3.8, 4) is 5.75 Å². The van der Waals surface area contributed by atoms with Crippen molar-refractivity contribution in [1.29, 1.82) is 0 Å². The Bertz CT molecular complexity index is 729. The number of amides is 1. The third kappa shape index (κ3) is 4.89. The molecule has 0 aliphatic heterocycles. The van der Waals surface area contributed by atoms with Crippen LogP contribution in [0.1, 0.15) is 41.3 Å². The van der Waals surface area contributed by atoms with Crippen molar-refractivity contribution in [3.05, 3.63) is 63.1 Å². The maximum absolute atomic E-state index is 12.1. The van der Waals surface area contributed by atoms with Crippen molar-refractivity contribution < 1.29 is 9.53 Å². The average Bonchev–Trinajstić information content (AvgIpc) is 2.53. The summed E-state index contributed by atoms with van der Waals surface area (Å²) in [5.41, 5.74) is 2.79. The van der Waals surface area contributed by atoms with Crippen LogP contribution in [0.3, 0.4) is 0 Å². The number of halogens is 2. The van der Waals surface area contributed by atoms with Gasteiger partial charge in [0.25, 0.3) is 5.91 Å². The smallest absolute Gasteiger partial charge is 0.251 e. The van der Waals surface area contributed by atoms with Crippen LogP contribution in [0, 0.1) is 6.92 Å². The highest BCUT2D eigenvalue weighted by Gasteiger charge is 2.10. The molecule has 1 N–H and O–H groups in total. The zero-order chi connectivity index (χ0) is 17.7. The fourth-order valence-electron chi connectivity index (χ4n) is 2.31. The zero-order valence-corrected chi connectivity index (χ0v) is 15.5. The predicted molar refractivity (Wildman–Crippen MR) is 99.6 cm³/mol. The van der Waals surface area contributed by atoms with Crippen LogP contribution in [0.15, 0.2) is 36.4 Å². The van der Waals surface area contributed by atoms with Crippen LogP contribution in [0.2, 0.25) is 10.0 Å². The van der Waals surface area contributed by atoms with Crippen LogP contribution in [0.4, 0.5) is 0 Å². The minimum Gasteiger partial charge on any atom is -0.491 e. The molecule has 5 heteroatoms. The number of benzene rings is 2. The van der Waals surface area contributed by atoms with E-state index in [1.807, 2.05) is 13.0 Å². The lowest BCUT2D eigenvalue weighted by atomic mass is 10.0. The fourth-order valence-corrected chi connectivity index (χ4v) is 2.61. The van der Waals surface area contributed by atoms with E-state index >= 15 is 0 Å². The van der Waals surface area contributed by atoms with Crippen molar-refractivity contribution in [1.82, 2.24) is 5.32 Å². The Kier molecular flexibility index (Phi) is 6.52. The van der Waals surface area contributed by atoms with E-state index < -0.39 is 0 Å². The monoisotopic (exact) mass is 365 g/mol. The van der Waals surface area contributed by atoms with Crippen LogP contribution in [0.5, 0.6) is 5.75 Å². The first-order chi connectivity index (χ1) is 11.4. The van der Waals surface area contributed by atoms with Gasteiger partial charge in [-0.2, -0.15) is 0 Å². The summed E-state index contributed by atoms with van der Waals surface area (Å²) < 4.78 is 5.85. The lowest BCUT2D eigenvalue weighted by molar-refractivity contribution is 0.0947. The van der Waals surface area contributed by atoms with E-state index in [1.165, 1.54) is 0 Å². The molecule has 0 fully saturated rings. The van der Waals surface area contributed by atoms with Crippen LogP contribution in [-0.4, -0.2) is 19.1 Å². The average molecular weight is 366 g/mol. The summed E-state index contributed by atoms with van der Waals surface area (Å²) in [4.78, 5) is 12.1. The summed E-state index contributed by atoms with van der Waals surface area (Å²) in [7, 11) is 0. The van der Waals surface area contributed by atoms with Gasteiger partial charge in [-0.1, -0.05) is 49.2 Å². The van der Waals surface area contributed by atoms with E-state index in [0.29, 0.717) is 34.7 Å². The summed E-state index contributed by atoms with van der Waals surface area (Å²) >= 11 is 11.8. The highest BCUT2D eigenvalue weighted by Crippen LogP contribution is 2.27. The molecule has 0 spiro atoms. The summed E-state index contributed by atoms with van der Waals surface area (Å²) in [5, 5.41) is 3.60. The van der Waals surface area contributed by atoms with E-state index in [0.717, 1.165) is 16.9 Å². The molecule has 2 aromatic carbocycles. The van der Waals surface area contributed by atoms with Gasteiger partial charge in [-0.15, -0.1) is 0 Å². The molecule has 24 heavy (non-hydrogen) atoms. The Hall–Kier alpha value is -1.71. The standard InChI is InChI=1S/C19H21Cl2NO2/c1-12(2)15-6-4-13(3)10-18(15)24-9-8-22-19(23)14-5-7-16(20)17(21)11-14/h4-7,10-12H,8-9H2,1-3H3,(H,22,23). The Morgan fingerprint density at radius 3 is 2.54 bits per heavy atom. The van der Waals surface area contributed by atoms with E-state index in [2.05, 4.69) is 31.3 Å². The third-order valence-corrected chi connectivity index (χ3v) is 4.36. The second-order valence-electron chi connectivity index (χ2n) is 5.93. The van der Waals surface area contributed by atoms with Gasteiger partial charge in [0.15, 0.2) is 0 Å². The van der Waals surface area contributed by atoms with Crippen molar-refractivity contribution in [3.63, 3.8) is 0 Å². The summed E-state index contributed by atoms with van der Waals surface area (Å²) in [6.45, 7) is 7.09. The topological polar surface area (TPSA) is 38.3 Å². The first-order valence-corrected chi connectivity index (χ1v) is 8.60. The van der Waals surface area contributed by atoms with Gasteiger partial charge in [0.1, 0.15) is 12.4 Å². The van der Waals surface area contributed by atoms with Gasteiger partial charge in [0, 0.05) is 5.56 Å². The summed E-state index contributed by atoms with van der Waals surface area (Å²) in [6.07, 6.45) is 0. The molecule has 0 bridgehead atoms. The molecule has 0 saturated heterocycles. The van der Waals surface area contributed by atoms with E-state index in [4.69, 9.17) is 27.9 Å². The molecule has 2 rings (SSSR count). The van der Waals surface area contributed by atoms with E-state index in [9.17, 15) is 4.79 Å². The molecule has 2 aromatic rings. The van der Waals surface area contributed by atoms with Crippen LogP contribution < -0.4 is 10.1 Å². The van der Waals surface area contributed by atoms with Crippen molar-refractivity contribution >= 4 is 29.1 Å². The van der Waals surface area contributed by atoms with Gasteiger partial charge in [-0.25, -0.2) is 0 Å². The summed E-state index contributed by atoms with van der Waals surface area (Å²) in [6, 6.07) is 11.0. The number of carbonyl (C=O) groups is 1. The second-order valence-corrected chi connectivity index (χ2v) is 6.74. The van der Waals surface area contributed by atoms with Gasteiger partial charge in [-0.05, 0) is 48.2 Å². The van der Waals surface area contributed by atoms with E-state index in [-0.39, 0.29) is 5.91 Å². The molecule has 1 amide bonds. The lowest BCUT2D eigenvalue weighted by Crippen LogP contribution is -2.28. The molecule has 0 atom stereocenters. The number of hydrogen-bond acceptors (Lipinski definition) is 2. The minimum atomic E-state index is -0.203. The Morgan fingerprint density at radius 2 is 1.88 bits per heavy atom. The van der Waals surface area contributed by atoms with Crippen molar-refractivity contribution in [2.75, 3.05) is 13.2 Å². The highest BCUT2D eigenvalue weighted by molar-refractivity contribution is 6.42. The number of ether oxygens (including phenoxy) is 1. The van der Waals surface area contributed by atoms with E-state index in [1.54, 1.807) is 18.2 Å². The molecule has 0 saturated carbocycles. The fraction of sp³-hybridized carbons (Fsp3) is 0.316. The first kappa shape index (κ1) is 18.6. The Morgan fingerprint density at radius 1 is 1.12 bits per heavy atom. The minimum absolute atomic E-state index is 0.203. The number of carbonyl (C=O) groups excluding carboxylic acids is 1. The predicted octanol–water partition coefficient (Wildman–Crippen LogP) is 5.23. The Balaban J connectivity index is 1.90. The molecule has 3 nitrogen and oxygen atoms in total. The second kappa shape index (κ2) is 8.41. The Labute approximate surface area is 152 Å². The molecular weight excluding hydrogens is 345 g/mol. The van der Waals surface area contributed by atoms with Gasteiger partial charge in [0.05, 0.1) is 16.6 Å². The van der Waals surface area contributed by atoms with Gasteiger partial charge in [0.2, 0.25) is 0 Å². The van der Waals surface area contributed by atoms with Crippen molar-refractivity contribution in [2.24, 2.45) is 0 Å². The maximum atomic E-state index is 12.1. The van der Waals surface area contributed by atoms with Crippen LogP contribution in [-0.2, 0) is 0 Å². The molecule has 0 radical (unpaired) electrons. The molecule has 0 aromatic heterocycles. The van der Waals surface area contributed by atoms with Crippen LogP contribution >= 0.6 is 23.2 Å². The van der Waals surface area contributed by atoms with Gasteiger partial charge < -0.3 is 10.1 Å². The first-order valence-electron chi connectivity index (χ1n) is 7.85. The zero-order valence-electron chi connectivity index (χ0n) is 14.0. The van der Waals surface area contributed by atoms with Crippen molar-refractivity contribution in [2.45, 2.75) is 26.7 Å². The quantitative estimate of drug-likeness (QED) is 0.711. The molecule has 0 aliphatic carbocycles. The molecule has 0 aliphatic rings. The SMILES string of the molecule is Cc1ccc(C(C)C)c(OCCNC(=O)c2ccc(Cl)c(Cl)c2)c1. The van der Waals surface area contributed by atoms with Gasteiger partial charge >= 0.3 is 0 Å². The number of rotatable bonds is 6. The largest absolute Gasteiger partial charge is 0.491 e. The number of nitrogens with one attached hydrogen (secondary N) is 1. The number of hydrogen-bond donors (Lipinski definition) is 1. The molecule has 128 valence electrons. The normalized spacial score (nSPS) is 10.8.